The first-order valence-electron chi connectivity index (χ1n) is 6.61. The zero-order valence-electron chi connectivity index (χ0n) is 11.3. The van der Waals surface area contributed by atoms with Crippen LogP contribution in [0.5, 0.6) is 0 Å². The molecule has 108 valence electrons. The van der Waals surface area contributed by atoms with Gasteiger partial charge >= 0.3 is 0 Å². The zero-order chi connectivity index (χ0) is 14.4. The van der Waals surface area contributed by atoms with Crippen LogP contribution in [0, 0.1) is 0 Å². The van der Waals surface area contributed by atoms with Crippen LogP contribution in [0.2, 0.25) is 5.02 Å². The second-order valence-electron chi connectivity index (χ2n) is 4.72. The molecule has 1 aromatic heterocycles. The Morgan fingerprint density at radius 3 is 2.75 bits per heavy atom. The zero-order valence-corrected chi connectivity index (χ0v) is 12.9. The molecule has 2 aromatic rings. The summed E-state index contributed by atoms with van der Waals surface area (Å²) in [4.78, 5) is 0. The predicted molar refractivity (Wildman–Crippen MR) is 83.6 cm³/mol. The van der Waals surface area contributed by atoms with E-state index in [-0.39, 0.29) is 6.61 Å². The number of nitrogens with one attached hydrogen (secondary N) is 1. The Bertz CT molecular complexity index is 529. The lowest BCUT2D eigenvalue weighted by Gasteiger charge is -2.10. The average Bonchev–Trinajstić information content (AvgIpc) is 2.86. The van der Waals surface area contributed by atoms with E-state index in [1.165, 1.54) is 5.56 Å². The molecule has 0 aliphatic carbocycles. The van der Waals surface area contributed by atoms with Crippen LogP contribution in [0.3, 0.4) is 0 Å². The smallest absolute Gasteiger partial charge is 0.205 e. The fourth-order valence-electron chi connectivity index (χ4n) is 1.84. The van der Waals surface area contributed by atoms with E-state index in [0.717, 1.165) is 34.4 Å². The summed E-state index contributed by atoms with van der Waals surface area (Å²) in [6, 6.07) is 8.06. The molecule has 0 aliphatic heterocycles. The molecule has 0 spiro atoms. The molecule has 0 saturated carbocycles. The molecule has 0 fully saturated rings. The number of aliphatic hydroxyl groups is 1. The molecule has 0 bridgehead atoms. The van der Waals surface area contributed by atoms with Crippen molar-refractivity contribution in [2.45, 2.75) is 32.2 Å². The van der Waals surface area contributed by atoms with Crippen molar-refractivity contribution in [1.29, 1.82) is 0 Å². The highest BCUT2D eigenvalue weighted by Crippen LogP contribution is 2.20. The SMILES string of the molecule is CC(CCCO)Nc1nnc(Cc2ccc(Cl)cc2)s1. The molecular weight excluding hydrogens is 294 g/mol. The first-order valence-corrected chi connectivity index (χ1v) is 7.81. The summed E-state index contributed by atoms with van der Waals surface area (Å²) in [5.74, 6) is 0. The van der Waals surface area contributed by atoms with Gasteiger partial charge in [0, 0.05) is 24.1 Å². The van der Waals surface area contributed by atoms with Crippen molar-refractivity contribution < 1.29 is 5.11 Å². The number of halogens is 1. The van der Waals surface area contributed by atoms with Crippen LogP contribution >= 0.6 is 22.9 Å². The molecule has 0 aliphatic rings. The first-order chi connectivity index (χ1) is 9.67. The predicted octanol–water partition coefficient (Wildman–Crippen LogP) is 3.36. The topological polar surface area (TPSA) is 58.0 Å². The Hall–Kier alpha value is -1.17. The van der Waals surface area contributed by atoms with Gasteiger partial charge in [-0.1, -0.05) is 35.1 Å². The van der Waals surface area contributed by atoms with Crippen LogP contribution in [0.15, 0.2) is 24.3 Å². The highest BCUT2D eigenvalue weighted by molar-refractivity contribution is 7.15. The van der Waals surface area contributed by atoms with Crippen LogP contribution in [-0.4, -0.2) is 28.0 Å². The lowest BCUT2D eigenvalue weighted by molar-refractivity contribution is 0.282. The van der Waals surface area contributed by atoms with Gasteiger partial charge in [0.15, 0.2) is 0 Å². The van der Waals surface area contributed by atoms with E-state index in [2.05, 4.69) is 22.4 Å². The molecule has 1 aromatic carbocycles. The maximum atomic E-state index is 8.81. The molecule has 2 rings (SSSR count). The Labute approximate surface area is 127 Å². The average molecular weight is 312 g/mol. The van der Waals surface area contributed by atoms with E-state index in [1.807, 2.05) is 24.3 Å². The first kappa shape index (κ1) is 15.2. The Balaban J connectivity index is 1.90. The number of aliphatic hydroxyl groups excluding tert-OH is 1. The third-order valence-corrected chi connectivity index (χ3v) is 4.01. The molecule has 0 amide bonds. The minimum atomic E-state index is 0.226. The van der Waals surface area contributed by atoms with Crippen molar-refractivity contribution in [2.75, 3.05) is 11.9 Å². The van der Waals surface area contributed by atoms with Crippen LogP contribution in [0.4, 0.5) is 5.13 Å². The van der Waals surface area contributed by atoms with Gasteiger partial charge < -0.3 is 10.4 Å². The lowest BCUT2D eigenvalue weighted by atomic mass is 10.2. The standard InChI is InChI=1S/C14H18ClN3OS/c1-10(3-2-8-19)16-14-18-17-13(20-14)9-11-4-6-12(15)7-5-11/h4-7,10,19H,2-3,8-9H2,1H3,(H,16,18). The van der Waals surface area contributed by atoms with E-state index in [1.54, 1.807) is 11.3 Å². The van der Waals surface area contributed by atoms with Gasteiger partial charge in [0.05, 0.1) is 0 Å². The molecule has 20 heavy (non-hydrogen) atoms. The summed E-state index contributed by atoms with van der Waals surface area (Å²) in [7, 11) is 0. The third-order valence-electron chi connectivity index (χ3n) is 2.90. The van der Waals surface area contributed by atoms with Crippen LogP contribution in [-0.2, 0) is 6.42 Å². The molecule has 0 radical (unpaired) electrons. The number of nitrogens with zero attached hydrogens (tertiary/aromatic N) is 2. The summed E-state index contributed by atoms with van der Waals surface area (Å²) in [5.41, 5.74) is 1.17. The van der Waals surface area contributed by atoms with E-state index < -0.39 is 0 Å². The number of aromatic nitrogens is 2. The van der Waals surface area contributed by atoms with Gasteiger partial charge in [0.25, 0.3) is 0 Å². The van der Waals surface area contributed by atoms with E-state index in [0.29, 0.717) is 6.04 Å². The van der Waals surface area contributed by atoms with Crippen molar-refractivity contribution in [1.82, 2.24) is 10.2 Å². The molecular formula is C14H18ClN3OS. The summed E-state index contributed by atoms with van der Waals surface area (Å²) >= 11 is 7.43. The number of benzene rings is 1. The largest absolute Gasteiger partial charge is 0.396 e. The monoisotopic (exact) mass is 311 g/mol. The van der Waals surface area contributed by atoms with Gasteiger partial charge in [-0.15, -0.1) is 10.2 Å². The van der Waals surface area contributed by atoms with E-state index >= 15 is 0 Å². The summed E-state index contributed by atoms with van der Waals surface area (Å²) in [6.45, 7) is 2.31. The lowest BCUT2D eigenvalue weighted by Crippen LogP contribution is -2.15. The quantitative estimate of drug-likeness (QED) is 0.823. The second-order valence-corrected chi connectivity index (χ2v) is 6.21. The van der Waals surface area contributed by atoms with Crippen molar-refractivity contribution in [3.63, 3.8) is 0 Å². The molecule has 0 saturated heterocycles. The van der Waals surface area contributed by atoms with Gasteiger partial charge in [-0.05, 0) is 37.5 Å². The van der Waals surface area contributed by atoms with Crippen molar-refractivity contribution in [3.05, 3.63) is 39.9 Å². The Morgan fingerprint density at radius 2 is 2.05 bits per heavy atom. The normalized spacial score (nSPS) is 12.3. The molecule has 6 heteroatoms. The number of hydrogen-bond donors (Lipinski definition) is 2. The maximum Gasteiger partial charge on any atom is 0.205 e. The molecule has 4 nitrogen and oxygen atoms in total. The van der Waals surface area contributed by atoms with Crippen LogP contribution in [0.1, 0.15) is 30.3 Å². The summed E-state index contributed by atoms with van der Waals surface area (Å²) < 4.78 is 0. The van der Waals surface area contributed by atoms with Crippen molar-refractivity contribution in [3.8, 4) is 0 Å². The summed E-state index contributed by atoms with van der Waals surface area (Å²) in [6.07, 6.45) is 2.48. The van der Waals surface area contributed by atoms with Crippen molar-refractivity contribution >= 4 is 28.1 Å². The van der Waals surface area contributed by atoms with E-state index in [9.17, 15) is 0 Å². The number of rotatable bonds is 7. The molecule has 1 atom stereocenters. The fourth-order valence-corrected chi connectivity index (χ4v) is 2.85. The molecule has 1 heterocycles. The minimum absolute atomic E-state index is 0.226. The van der Waals surface area contributed by atoms with Gasteiger partial charge in [0.2, 0.25) is 5.13 Å². The van der Waals surface area contributed by atoms with Crippen LogP contribution < -0.4 is 5.32 Å². The fraction of sp³-hybridized carbons (Fsp3) is 0.429. The third kappa shape index (κ3) is 4.74. The summed E-state index contributed by atoms with van der Waals surface area (Å²) in [5, 5.41) is 23.0. The van der Waals surface area contributed by atoms with Crippen LogP contribution in [0.25, 0.3) is 0 Å². The number of anilines is 1. The Morgan fingerprint density at radius 1 is 1.30 bits per heavy atom. The minimum Gasteiger partial charge on any atom is -0.396 e. The highest BCUT2D eigenvalue weighted by atomic mass is 35.5. The Kier molecular flexibility index (Phi) is 5.76. The number of hydrogen-bond acceptors (Lipinski definition) is 5. The highest BCUT2D eigenvalue weighted by Gasteiger charge is 2.08. The molecule has 2 N–H and O–H groups in total. The van der Waals surface area contributed by atoms with E-state index in [4.69, 9.17) is 16.7 Å². The second kappa shape index (κ2) is 7.57. The molecule has 1 unspecified atom stereocenters. The van der Waals surface area contributed by atoms with Gasteiger partial charge in [-0.2, -0.15) is 0 Å². The van der Waals surface area contributed by atoms with Gasteiger partial charge in [-0.25, -0.2) is 0 Å². The maximum absolute atomic E-state index is 8.81. The van der Waals surface area contributed by atoms with Crippen molar-refractivity contribution in [2.24, 2.45) is 0 Å². The van der Waals surface area contributed by atoms with Gasteiger partial charge in [0.1, 0.15) is 5.01 Å². The van der Waals surface area contributed by atoms with Gasteiger partial charge in [-0.3, -0.25) is 0 Å².